The summed E-state index contributed by atoms with van der Waals surface area (Å²) in [4.78, 5) is 13.4. The van der Waals surface area contributed by atoms with E-state index < -0.39 is 86.8 Å². The second-order valence-electron chi connectivity index (χ2n) is 27.1. The van der Waals surface area contributed by atoms with Gasteiger partial charge in [0.2, 0.25) is 5.91 Å². The summed E-state index contributed by atoms with van der Waals surface area (Å²) in [5.74, 6) is -0.251. The molecule has 9 N–H and O–H groups in total. The topological polar surface area (TPSA) is 228 Å². The van der Waals surface area contributed by atoms with E-state index in [0.29, 0.717) is 6.42 Å². The molecule has 0 spiro atoms. The first-order valence-corrected chi connectivity index (χ1v) is 39.0. The van der Waals surface area contributed by atoms with Crippen molar-refractivity contribution in [1.82, 2.24) is 5.32 Å². The number of allylic oxidation sites excluding steroid dienone is 15. The molecule has 1 amide bonds. The smallest absolute Gasteiger partial charge is 0.220 e. The average Bonchev–Trinajstić information content (AvgIpc) is 0.801. The zero-order valence-corrected chi connectivity index (χ0v) is 60.1. The highest BCUT2D eigenvalue weighted by Gasteiger charge is 2.51. The maximum atomic E-state index is 13.4. The summed E-state index contributed by atoms with van der Waals surface area (Å²) in [5.41, 5.74) is 0. The van der Waals surface area contributed by atoms with Gasteiger partial charge in [-0.15, -0.1) is 0 Å². The lowest BCUT2D eigenvalue weighted by Crippen LogP contribution is -2.65. The first-order chi connectivity index (χ1) is 46.6. The van der Waals surface area contributed by atoms with Crippen molar-refractivity contribution >= 4 is 5.91 Å². The number of carbonyl (C=O) groups is 1. The van der Waals surface area contributed by atoms with Gasteiger partial charge in [-0.1, -0.05) is 329 Å². The Balaban J connectivity index is 1.65. The molecule has 0 aromatic carbocycles. The molecule has 14 nitrogen and oxygen atoms in total. The molecule has 0 aromatic heterocycles. The molecule has 0 radical (unpaired) electrons. The van der Waals surface area contributed by atoms with Crippen molar-refractivity contribution in [3.8, 4) is 0 Å². The summed E-state index contributed by atoms with van der Waals surface area (Å²) < 4.78 is 22.9. The quantitative estimate of drug-likeness (QED) is 0.0204. The van der Waals surface area contributed by atoms with E-state index in [-0.39, 0.29) is 18.9 Å². The fraction of sp³-hybridized carbons (Fsp3) is 0.790. The van der Waals surface area contributed by atoms with Gasteiger partial charge >= 0.3 is 0 Å². The highest BCUT2D eigenvalue weighted by Crippen LogP contribution is 2.30. The van der Waals surface area contributed by atoms with Crippen LogP contribution in [-0.4, -0.2) is 140 Å². The normalized spacial score (nSPS) is 22.9. The number of ether oxygens (including phenoxy) is 4. The molecule has 14 heteroatoms. The fourth-order valence-electron chi connectivity index (χ4n) is 12.4. The van der Waals surface area contributed by atoms with Crippen molar-refractivity contribution in [2.24, 2.45) is 0 Å². The molecule has 0 aromatic rings. The van der Waals surface area contributed by atoms with Crippen molar-refractivity contribution in [2.45, 2.75) is 389 Å². The Morgan fingerprint density at radius 1 is 0.389 bits per heavy atom. The van der Waals surface area contributed by atoms with Crippen LogP contribution in [0.1, 0.15) is 316 Å². The van der Waals surface area contributed by atoms with E-state index in [1.165, 1.54) is 186 Å². The van der Waals surface area contributed by atoms with E-state index in [4.69, 9.17) is 18.9 Å². The Kier molecular flexibility index (Phi) is 59.6. The molecule has 2 heterocycles. The highest BCUT2D eigenvalue weighted by molar-refractivity contribution is 5.76. The number of hydrogen-bond acceptors (Lipinski definition) is 13. The fourth-order valence-corrected chi connectivity index (χ4v) is 12.4. The van der Waals surface area contributed by atoms with E-state index >= 15 is 0 Å². The van der Waals surface area contributed by atoms with Gasteiger partial charge in [-0.3, -0.25) is 4.79 Å². The molecule has 2 aliphatic rings. The van der Waals surface area contributed by atoms with Crippen LogP contribution >= 0.6 is 0 Å². The van der Waals surface area contributed by atoms with E-state index in [0.717, 1.165) is 103 Å². The zero-order chi connectivity index (χ0) is 68.7. The van der Waals surface area contributed by atoms with Crippen LogP contribution in [0.4, 0.5) is 0 Å². The van der Waals surface area contributed by atoms with Crippen molar-refractivity contribution in [2.75, 3.05) is 19.8 Å². The molecule has 0 bridgehead atoms. The molecule has 2 rings (SSSR count). The summed E-state index contributed by atoms with van der Waals surface area (Å²) in [6.07, 6.45) is 74.7. The number of aliphatic hydroxyl groups excluding tert-OH is 8. The molecule has 12 unspecified atom stereocenters. The number of carbonyl (C=O) groups excluding carboxylic acids is 1. The summed E-state index contributed by atoms with van der Waals surface area (Å²) >= 11 is 0. The third-order valence-corrected chi connectivity index (χ3v) is 18.5. The average molecular weight is 1340 g/mol. The van der Waals surface area contributed by atoms with Gasteiger partial charge in [0, 0.05) is 6.42 Å². The minimum absolute atomic E-state index is 0.251. The number of unbranched alkanes of at least 4 members (excludes halogenated alkanes) is 37. The third kappa shape index (κ3) is 47.6. The number of aliphatic hydroxyl groups is 8. The van der Waals surface area contributed by atoms with Gasteiger partial charge in [0.05, 0.1) is 32.0 Å². The second kappa shape index (κ2) is 64.3. The van der Waals surface area contributed by atoms with Gasteiger partial charge in [0.1, 0.15) is 48.8 Å². The number of rotatable bonds is 64. The van der Waals surface area contributed by atoms with Crippen LogP contribution in [0, 0.1) is 0 Å². The summed E-state index contributed by atoms with van der Waals surface area (Å²) in [5, 5.41) is 87.6. The molecule has 2 fully saturated rings. The van der Waals surface area contributed by atoms with Crippen molar-refractivity contribution in [1.29, 1.82) is 0 Å². The maximum absolute atomic E-state index is 13.4. The van der Waals surface area contributed by atoms with Gasteiger partial charge in [0.25, 0.3) is 0 Å². The second-order valence-corrected chi connectivity index (χ2v) is 27.1. The van der Waals surface area contributed by atoms with E-state index in [1.54, 1.807) is 6.08 Å². The van der Waals surface area contributed by atoms with E-state index in [2.05, 4.69) is 104 Å². The zero-order valence-electron chi connectivity index (χ0n) is 60.1. The summed E-state index contributed by atoms with van der Waals surface area (Å²) in [7, 11) is 0. The van der Waals surface area contributed by atoms with Crippen LogP contribution in [-0.2, 0) is 23.7 Å². The van der Waals surface area contributed by atoms with E-state index in [9.17, 15) is 45.6 Å². The summed E-state index contributed by atoms with van der Waals surface area (Å²) in [6, 6.07) is -0.930. The third-order valence-electron chi connectivity index (χ3n) is 18.5. The molecule has 0 aliphatic carbocycles. The van der Waals surface area contributed by atoms with Crippen LogP contribution < -0.4 is 5.32 Å². The Labute approximate surface area is 579 Å². The highest BCUT2D eigenvalue weighted by atomic mass is 16.7. The SMILES string of the molecule is CC/C=C\C/C=C\C/C=C\C/C=C\C/C=C\C/C=C\C/C=C\CCCCCCCCCC(=O)NC(COC1OC(CO)C(OC2OC(CO)C(O)C(O)C2O)C(O)C1O)C(O)/C=C/CCCCCCCCCCCCCCCCCCCCCCCCCCCCCCCC. The van der Waals surface area contributed by atoms with Crippen LogP contribution in [0.3, 0.4) is 0 Å². The van der Waals surface area contributed by atoms with Crippen molar-refractivity contribution in [3.63, 3.8) is 0 Å². The molecular formula is C81H143NO13. The van der Waals surface area contributed by atoms with Gasteiger partial charge in [0.15, 0.2) is 12.6 Å². The Morgan fingerprint density at radius 3 is 1.12 bits per heavy atom. The monoisotopic (exact) mass is 1340 g/mol. The van der Waals surface area contributed by atoms with Crippen LogP contribution in [0.2, 0.25) is 0 Å². The predicted octanol–water partition coefficient (Wildman–Crippen LogP) is 17.3. The van der Waals surface area contributed by atoms with Crippen LogP contribution in [0.25, 0.3) is 0 Å². The van der Waals surface area contributed by atoms with Crippen molar-refractivity contribution < 1.29 is 64.6 Å². The number of nitrogens with one attached hydrogen (secondary N) is 1. The molecule has 2 aliphatic heterocycles. The molecule has 550 valence electrons. The molecule has 95 heavy (non-hydrogen) atoms. The number of amides is 1. The van der Waals surface area contributed by atoms with Crippen LogP contribution in [0.15, 0.2) is 97.2 Å². The van der Waals surface area contributed by atoms with Crippen molar-refractivity contribution in [3.05, 3.63) is 97.2 Å². The first-order valence-electron chi connectivity index (χ1n) is 39.0. The number of hydrogen-bond donors (Lipinski definition) is 9. The Hall–Kier alpha value is -3.09. The minimum Gasteiger partial charge on any atom is -0.394 e. The maximum Gasteiger partial charge on any atom is 0.220 e. The van der Waals surface area contributed by atoms with Gasteiger partial charge in [-0.05, 0) is 77.0 Å². The lowest BCUT2D eigenvalue weighted by molar-refractivity contribution is -0.359. The standard InChI is InChI=1S/C81H143NO13/c1-3-5-7-9-11-13-15-17-19-21-23-25-27-29-31-33-34-35-37-38-40-42-44-46-48-50-52-54-56-58-60-62-64-70(85)69(68-92-80-78(91)76(89)79(72(67-84)94-80)95-81-77(90)75(88)74(87)71(66-83)93-81)82-73(86)65-63-61-59-57-55-53-51-49-47-45-43-41-39-36-32-30-28-26-24-22-20-18-16-14-12-10-8-6-4-2/h6,8,12,14,18,20,24,26,30,32,39,41,45,47,62,64,69-72,74-81,83-85,87-91H,3-5,7,9-11,13,15-17,19,21-23,25,27-29,31,33-38,40,42-44,46,48-61,63,65-68H2,1-2H3,(H,82,86)/b8-6-,14-12-,20-18-,26-24-,32-30-,41-39-,47-45-,64-62+. The van der Waals surface area contributed by atoms with Gasteiger partial charge in [-0.25, -0.2) is 0 Å². The predicted molar refractivity (Wildman–Crippen MR) is 392 cm³/mol. The lowest BCUT2D eigenvalue weighted by atomic mass is 9.97. The molecule has 2 saturated heterocycles. The molecule has 0 saturated carbocycles. The Morgan fingerprint density at radius 2 is 0.726 bits per heavy atom. The van der Waals surface area contributed by atoms with Gasteiger partial charge < -0.3 is 65.1 Å². The van der Waals surface area contributed by atoms with Crippen LogP contribution in [0.5, 0.6) is 0 Å². The summed E-state index contributed by atoms with van der Waals surface area (Å²) in [6.45, 7) is 2.71. The van der Waals surface area contributed by atoms with Gasteiger partial charge in [-0.2, -0.15) is 0 Å². The largest absolute Gasteiger partial charge is 0.394 e. The molecular weight excluding hydrogens is 1190 g/mol. The molecule has 12 atom stereocenters. The minimum atomic E-state index is -1.80. The first kappa shape index (κ1) is 88.0. The Bertz CT molecular complexity index is 1970. The van der Waals surface area contributed by atoms with E-state index in [1.807, 2.05) is 6.08 Å². The lowest BCUT2D eigenvalue weighted by Gasteiger charge is -2.46.